The predicted octanol–water partition coefficient (Wildman–Crippen LogP) is 3.09. The van der Waals surface area contributed by atoms with Gasteiger partial charge in [-0.05, 0) is 30.9 Å². The highest BCUT2D eigenvalue weighted by atomic mass is 35.5. The maximum Gasteiger partial charge on any atom is 0.160 e. The summed E-state index contributed by atoms with van der Waals surface area (Å²) >= 11 is 5.84. The van der Waals surface area contributed by atoms with Gasteiger partial charge in [0.05, 0.1) is 5.02 Å². The molecule has 0 aromatic carbocycles. The van der Waals surface area contributed by atoms with Gasteiger partial charge in [-0.3, -0.25) is 0 Å². The van der Waals surface area contributed by atoms with Crippen molar-refractivity contribution in [3.8, 4) is 0 Å². The lowest BCUT2D eigenvalue weighted by Crippen LogP contribution is -2.34. The van der Waals surface area contributed by atoms with Gasteiger partial charge < -0.3 is 16.0 Å². The third-order valence-electron chi connectivity index (χ3n) is 3.92. The highest BCUT2D eigenvalue weighted by Gasteiger charge is 2.20. The Morgan fingerprint density at radius 1 is 1.23 bits per heavy atom. The first kappa shape index (κ1) is 14.8. The number of nitrogen functional groups attached to an aromatic ring is 1. The van der Waals surface area contributed by atoms with Gasteiger partial charge in [-0.1, -0.05) is 18.5 Å². The number of hydrogen-bond donors (Lipinski definition) is 2. The Labute approximate surface area is 134 Å². The van der Waals surface area contributed by atoms with Crippen LogP contribution in [0.5, 0.6) is 0 Å². The molecule has 0 amide bonds. The highest BCUT2D eigenvalue weighted by Crippen LogP contribution is 2.30. The molecule has 0 saturated carbocycles. The summed E-state index contributed by atoms with van der Waals surface area (Å²) in [7, 11) is 0. The molecule has 3 N–H and O–H groups in total. The second-order valence-electron chi connectivity index (χ2n) is 5.62. The Kier molecular flexibility index (Phi) is 4.29. The molecule has 1 saturated heterocycles. The second-order valence-corrected chi connectivity index (χ2v) is 6.05. The molecular weight excluding hydrogens is 300 g/mol. The van der Waals surface area contributed by atoms with Crippen LogP contribution in [0.3, 0.4) is 0 Å². The summed E-state index contributed by atoms with van der Waals surface area (Å²) in [6.45, 7) is 4.22. The van der Waals surface area contributed by atoms with Crippen molar-refractivity contribution in [2.75, 3.05) is 29.0 Å². The molecular formula is C15H19ClN6. The SMILES string of the molecule is CC1CCN(c2ncnc(Nc3ccc(Cl)cn3)c2N)CC1. The Morgan fingerprint density at radius 3 is 2.68 bits per heavy atom. The number of anilines is 4. The lowest BCUT2D eigenvalue weighted by molar-refractivity contribution is 0.437. The van der Waals surface area contributed by atoms with Gasteiger partial charge in [-0.15, -0.1) is 0 Å². The Morgan fingerprint density at radius 2 is 2.00 bits per heavy atom. The summed E-state index contributed by atoms with van der Waals surface area (Å²) in [4.78, 5) is 15.0. The minimum atomic E-state index is 0.550. The largest absolute Gasteiger partial charge is 0.393 e. The van der Waals surface area contributed by atoms with Gasteiger partial charge in [-0.25, -0.2) is 15.0 Å². The molecule has 1 aliphatic rings. The van der Waals surface area contributed by atoms with Crippen molar-refractivity contribution in [2.45, 2.75) is 19.8 Å². The lowest BCUT2D eigenvalue weighted by Gasteiger charge is -2.32. The van der Waals surface area contributed by atoms with Crippen molar-refractivity contribution in [1.29, 1.82) is 0 Å². The number of nitrogens with zero attached hydrogens (tertiary/aromatic N) is 4. The predicted molar refractivity (Wildman–Crippen MR) is 89.6 cm³/mol. The molecule has 1 aliphatic heterocycles. The molecule has 2 aromatic rings. The zero-order valence-electron chi connectivity index (χ0n) is 12.5. The topological polar surface area (TPSA) is 80.0 Å². The average Bonchev–Trinajstić information content (AvgIpc) is 2.53. The van der Waals surface area contributed by atoms with Gasteiger partial charge in [0, 0.05) is 19.3 Å². The van der Waals surface area contributed by atoms with Gasteiger partial charge in [0.1, 0.15) is 17.8 Å². The maximum atomic E-state index is 6.24. The van der Waals surface area contributed by atoms with E-state index in [1.54, 1.807) is 18.3 Å². The van der Waals surface area contributed by atoms with E-state index in [0.29, 0.717) is 22.3 Å². The van der Waals surface area contributed by atoms with Crippen molar-refractivity contribution >= 4 is 34.7 Å². The third kappa shape index (κ3) is 3.22. The summed E-state index contributed by atoms with van der Waals surface area (Å²) in [5, 5.41) is 3.70. The van der Waals surface area contributed by atoms with Crippen molar-refractivity contribution in [3.63, 3.8) is 0 Å². The van der Waals surface area contributed by atoms with E-state index in [9.17, 15) is 0 Å². The number of aromatic nitrogens is 3. The molecule has 7 heteroatoms. The normalized spacial score (nSPS) is 15.8. The van der Waals surface area contributed by atoms with E-state index in [1.807, 2.05) is 0 Å². The van der Waals surface area contributed by atoms with E-state index in [4.69, 9.17) is 17.3 Å². The summed E-state index contributed by atoms with van der Waals surface area (Å²) in [6, 6.07) is 3.55. The van der Waals surface area contributed by atoms with Crippen molar-refractivity contribution < 1.29 is 0 Å². The quantitative estimate of drug-likeness (QED) is 0.905. The molecule has 6 nitrogen and oxygen atoms in total. The van der Waals surface area contributed by atoms with Crippen LogP contribution in [0, 0.1) is 5.92 Å². The van der Waals surface area contributed by atoms with Crippen LogP contribution >= 0.6 is 11.6 Å². The summed E-state index contributed by atoms with van der Waals surface area (Å²) in [5.74, 6) is 2.76. The number of nitrogens with two attached hydrogens (primary N) is 1. The minimum absolute atomic E-state index is 0.550. The standard InChI is InChI=1S/C15H19ClN6/c1-10-4-6-22(7-5-10)15-13(17)14(19-9-20-15)21-12-3-2-11(16)8-18-12/h2-3,8-10H,4-7,17H2,1H3,(H,18,19,20,21). The molecule has 1 fully saturated rings. The van der Waals surface area contributed by atoms with E-state index >= 15 is 0 Å². The first-order valence-corrected chi connectivity index (χ1v) is 7.75. The Bertz CT molecular complexity index is 637. The summed E-state index contributed by atoms with van der Waals surface area (Å²) in [6.07, 6.45) is 5.42. The Balaban J connectivity index is 1.81. The fraction of sp³-hybridized carbons (Fsp3) is 0.400. The van der Waals surface area contributed by atoms with Crippen LogP contribution < -0.4 is 16.0 Å². The van der Waals surface area contributed by atoms with Crippen LogP contribution in [-0.4, -0.2) is 28.0 Å². The van der Waals surface area contributed by atoms with Crippen LogP contribution in [-0.2, 0) is 0 Å². The van der Waals surface area contributed by atoms with E-state index in [2.05, 4.69) is 32.1 Å². The fourth-order valence-corrected chi connectivity index (χ4v) is 2.64. The molecule has 3 heterocycles. The van der Waals surface area contributed by atoms with Gasteiger partial charge in [0.25, 0.3) is 0 Å². The van der Waals surface area contributed by atoms with E-state index in [0.717, 1.165) is 37.7 Å². The molecule has 0 aliphatic carbocycles. The highest BCUT2D eigenvalue weighted by molar-refractivity contribution is 6.30. The molecule has 0 unspecified atom stereocenters. The first-order valence-electron chi connectivity index (χ1n) is 7.37. The zero-order chi connectivity index (χ0) is 15.5. The number of pyridine rings is 1. The number of hydrogen-bond acceptors (Lipinski definition) is 6. The van der Waals surface area contributed by atoms with Crippen molar-refractivity contribution in [1.82, 2.24) is 15.0 Å². The molecule has 3 rings (SSSR count). The molecule has 116 valence electrons. The monoisotopic (exact) mass is 318 g/mol. The van der Waals surface area contributed by atoms with Crippen LogP contribution in [0.15, 0.2) is 24.7 Å². The molecule has 2 aromatic heterocycles. The number of rotatable bonds is 3. The van der Waals surface area contributed by atoms with Crippen LogP contribution in [0.4, 0.5) is 23.1 Å². The lowest BCUT2D eigenvalue weighted by atomic mass is 9.99. The average molecular weight is 319 g/mol. The minimum Gasteiger partial charge on any atom is -0.393 e. The zero-order valence-corrected chi connectivity index (χ0v) is 13.2. The number of nitrogens with one attached hydrogen (secondary N) is 1. The molecule has 0 atom stereocenters. The van der Waals surface area contributed by atoms with E-state index in [-0.39, 0.29) is 0 Å². The van der Waals surface area contributed by atoms with Gasteiger partial charge in [0.15, 0.2) is 11.6 Å². The summed E-state index contributed by atoms with van der Waals surface area (Å²) < 4.78 is 0. The van der Waals surface area contributed by atoms with Crippen LogP contribution in [0.2, 0.25) is 5.02 Å². The van der Waals surface area contributed by atoms with Crippen LogP contribution in [0.25, 0.3) is 0 Å². The van der Waals surface area contributed by atoms with E-state index in [1.165, 1.54) is 6.33 Å². The summed E-state index contributed by atoms with van der Waals surface area (Å²) in [5.41, 5.74) is 6.79. The Hall–Kier alpha value is -2.08. The fourth-order valence-electron chi connectivity index (χ4n) is 2.53. The maximum absolute atomic E-state index is 6.24. The van der Waals surface area contributed by atoms with Gasteiger partial charge >= 0.3 is 0 Å². The van der Waals surface area contributed by atoms with Gasteiger partial charge in [0.2, 0.25) is 0 Å². The number of piperidine rings is 1. The van der Waals surface area contributed by atoms with Crippen molar-refractivity contribution in [2.24, 2.45) is 5.92 Å². The third-order valence-corrected chi connectivity index (χ3v) is 4.14. The number of halogens is 1. The molecule has 0 bridgehead atoms. The first-order chi connectivity index (χ1) is 10.6. The second kappa shape index (κ2) is 6.36. The molecule has 22 heavy (non-hydrogen) atoms. The van der Waals surface area contributed by atoms with Crippen LogP contribution in [0.1, 0.15) is 19.8 Å². The molecule has 0 radical (unpaired) electrons. The van der Waals surface area contributed by atoms with Crippen molar-refractivity contribution in [3.05, 3.63) is 29.7 Å². The van der Waals surface area contributed by atoms with E-state index < -0.39 is 0 Å². The molecule has 0 spiro atoms. The van der Waals surface area contributed by atoms with Gasteiger partial charge in [-0.2, -0.15) is 0 Å². The smallest absolute Gasteiger partial charge is 0.160 e.